The highest BCUT2D eigenvalue weighted by atomic mass is 16.5. The number of nitrogens with one attached hydrogen (secondary N) is 3. The molecule has 1 fully saturated rings. The summed E-state index contributed by atoms with van der Waals surface area (Å²) in [4.78, 5) is 60.3. The van der Waals surface area contributed by atoms with E-state index in [1.54, 1.807) is 19.9 Å². The summed E-state index contributed by atoms with van der Waals surface area (Å²) >= 11 is 0. The van der Waals surface area contributed by atoms with Crippen LogP contribution in [0.3, 0.4) is 0 Å². The van der Waals surface area contributed by atoms with E-state index >= 15 is 0 Å². The predicted octanol–water partition coefficient (Wildman–Crippen LogP) is 5.06. The van der Waals surface area contributed by atoms with Gasteiger partial charge in [-0.2, -0.15) is 0 Å². The molecule has 11 nitrogen and oxygen atoms in total. The van der Waals surface area contributed by atoms with E-state index in [0.29, 0.717) is 32.3 Å². The fourth-order valence-corrected chi connectivity index (χ4v) is 4.56. The summed E-state index contributed by atoms with van der Waals surface area (Å²) in [6, 6.07) is 6.19. The third-order valence-corrected chi connectivity index (χ3v) is 7.42. The Morgan fingerprint density at radius 2 is 1.61 bits per heavy atom. The van der Waals surface area contributed by atoms with Crippen LogP contribution in [0.4, 0.5) is 0 Å². The number of allylic oxidation sites excluding steroid dienone is 1. The summed E-state index contributed by atoms with van der Waals surface area (Å²) in [5, 5.41) is 16.2. The first-order chi connectivity index (χ1) is 23.6. The zero-order valence-corrected chi connectivity index (χ0v) is 30.9. The maximum Gasteiger partial charge on any atom is 0.289 e. The molecule has 0 aromatic heterocycles. The van der Waals surface area contributed by atoms with Crippen molar-refractivity contribution in [3.63, 3.8) is 0 Å². The molecule has 11 heteroatoms. The van der Waals surface area contributed by atoms with Crippen LogP contribution in [0.5, 0.6) is 5.75 Å². The molecule has 0 aliphatic heterocycles. The zero-order chi connectivity index (χ0) is 37.5. The smallest absolute Gasteiger partial charge is 0.289 e. The number of hydrogen-bond donors (Lipinski definition) is 4. The molecule has 278 valence electrons. The summed E-state index contributed by atoms with van der Waals surface area (Å²) in [5.74, 6) is -1.72. The number of Topliss-reactive ketones (excluding diaryl/α,β-unsaturated/α-hetero) is 1. The SMILES string of the molecule is C1CCCCC1.C=CCCC(NC(=O)C(CC)N(C)C(=O)CNC=O)C(=O)C(=O)NCC=C.CC.CCc1cccc(OCCC(C)O)c1. The van der Waals surface area contributed by atoms with Crippen molar-refractivity contribution in [2.24, 2.45) is 0 Å². The Bertz CT molecular complexity index is 1080. The predicted molar refractivity (Wildman–Crippen MR) is 197 cm³/mol. The second-order valence-corrected chi connectivity index (χ2v) is 11.3. The zero-order valence-electron chi connectivity index (χ0n) is 30.9. The summed E-state index contributed by atoms with van der Waals surface area (Å²) in [7, 11) is 1.43. The van der Waals surface area contributed by atoms with Crippen molar-refractivity contribution < 1.29 is 33.8 Å². The molecule has 1 aromatic carbocycles. The molecule has 3 atom stereocenters. The lowest BCUT2D eigenvalue weighted by atomic mass is 10.0. The minimum Gasteiger partial charge on any atom is -0.493 e. The molecule has 49 heavy (non-hydrogen) atoms. The first-order valence-electron chi connectivity index (χ1n) is 17.7. The van der Waals surface area contributed by atoms with E-state index in [0.717, 1.165) is 12.2 Å². The number of nitrogens with zero attached hydrogens (tertiary/aromatic N) is 1. The highest BCUT2D eigenvalue weighted by Gasteiger charge is 2.31. The van der Waals surface area contributed by atoms with Crippen LogP contribution >= 0.6 is 0 Å². The van der Waals surface area contributed by atoms with E-state index in [-0.39, 0.29) is 25.6 Å². The van der Waals surface area contributed by atoms with Crippen LogP contribution in [-0.4, -0.2) is 84.9 Å². The molecule has 4 N–H and O–H groups in total. The number of ether oxygens (including phenoxy) is 1. The molecule has 1 aliphatic rings. The minimum atomic E-state index is -1.04. The van der Waals surface area contributed by atoms with Gasteiger partial charge in [-0.15, -0.1) is 13.2 Å². The number of benzene rings is 1. The number of rotatable bonds is 19. The molecule has 2 rings (SSSR count). The summed E-state index contributed by atoms with van der Waals surface area (Å²) in [5.41, 5.74) is 1.28. The van der Waals surface area contributed by atoms with Crippen molar-refractivity contribution >= 4 is 29.9 Å². The first-order valence-corrected chi connectivity index (χ1v) is 17.7. The number of hydrogen-bond acceptors (Lipinski definition) is 7. The number of ketones is 1. The summed E-state index contributed by atoms with van der Waals surface area (Å²) in [6.45, 7) is 17.1. The second kappa shape index (κ2) is 31.3. The normalized spacial score (nSPS) is 13.3. The van der Waals surface area contributed by atoms with Gasteiger partial charge in [0.15, 0.2) is 0 Å². The third-order valence-electron chi connectivity index (χ3n) is 7.42. The topological polar surface area (TPSA) is 154 Å². The van der Waals surface area contributed by atoms with Crippen LogP contribution in [-0.2, 0) is 30.4 Å². The molecular formula is C38H64N4O7. The van der Waals surface area contributed by atoms with Gasteiger partial charge in [0.2, 0.25) is 24.0 Å². The molecule has 0 spiro atoms. The van der Waals surface area contributed by atoms with E-state index in [2.05, 4.69) is 42.1 Å². The van der Waals surface area contributed by atoms with Crippen LogP contribution in [0.25, 0.3) is 0 Å². The Morgan fingerprint density at radius 1 is 1.00 bits per heavy atom. The Hall–Kier alpha value is -3.99. The van der Waals surface area contributed by atoms with Gasteiger partial charge in [-0.25, -0.2) is 0 Å². The maximum absolute atomic E-state index is 12.6. The van der Waals surface area contributed by atoms with Gasteiger partial charge in [0.1, 0.15) is 11.8 Å². The number of aryl methyl sites for hydroxylation is 1. The summed E-state index contributed by atoms with van der Waals surface area (Å²) in [6.07, 6.45) is 14.7. The van der Waals surface area contributed by atoms with E-state index < -0.39 is 35.6 Å². The Labute approximate surface area is 295 Å². The van der Waals surface area contributed by atoms with Crippen molar-refractivity contribution in [3.05, 3.63) is 55.1 Å². The Balaban J connectivity index is 0. The number of carbonyl (C=O) groups is 5. The van der Waals surface area contributed by atoms with Gasteiger partial charge < -0.3 is 30.7 Å². The van der Waals surface area contributed by atoms with E-state index in [9.17, 15) is 24.0 Å². The van der Waals surface area contributed by atoms with Crippen molar-refractivity contribution in [3.8, 4) is 5.75 Å². The number of likely N-dealkylation sites (N-methyl/N-ethyl adjacent to an activating group) is 1. The lowest BCUT2D eigenvalue weighted by molar-refractivity contribution is -0.142. The molecule has 1 aromatic rings. The highest BCUT2D eigenvalue weighted by Crippen LogP contribution is 2.15. The van der Waals surface area contributed by atoms with Gasteiger partial charge in [-0.1, -0.05) is 90.5 Å². The second-order valence-electron chi connectivity index (χ2n) is 11.3. The fraction of sp³-hybridized carbons (Fsp3) is 0.605. The largest absolute Gasteiger partial charge is 0.493 e. The van der Waals surface area contributed by atoms with Crippen molar-refractivity contribution in [2.45, 2.75) is 123 Å². The summed E-state index contributed by atoms with van der Waals surface area (Å²) < 4.78 is 5.50. The molecule has 0 heterocycles. The van der Waals surface area contributed by atoms with Crippen LogP contribution in [0.1, 0.15) is 104 Å². The minimum absolute atomic E-state index is 0.130. The maximum atomic E-state index is 12.6. The lowest BCUT2D eigenvalue weighted by Crippen LogP contribution is -2.54. The Morgan fingerprint density at radius 3 is 2.10 bits per heavy atom. The number of aliphatic hydroxyl groups excluding tert-OH is 1. The van der Waals surface area contributed by atoms with Gasteiger partial charge in [-0.05, 0) is 50.3 Å². The van der Waals surface area contributed by atoms with Crippen molar-refractivity contribution in [1.82, 2.24) is 20.9 Å². The van der Waals surface area contributed by atoms with Crippen LogP contribution in [0, 0.1) is 0 Å². The molecule has 0 saturated heterocycles. The number of aliphatic hydroxyl groups is 1. The number of amides is 4. The standard InChI is InChI=1S/C18H28N4O5.C12H18O2.C6H12.C2H6/c1-5-8-9-13(16(25)18(27)20-10-6-2)21-17(26)14(7-3)22(4)15(24)11-19-12-23;1-3-11-5-4-6-12(9-11)14-8-7-10(2)13;1-2-4-6-5-3-1;1-2/h5-6,12-14H,1-2,7-11H2,3-4H3,(H,19,23)(H,20,27)(H,21,26);4-6,9-10,13H,3,7-8H2,1-2H3;1-6H2;1-2H3. The van der Waals surface area contributed by atoms with Crippen molar-refractivity contribution in [2.75, 3.05) is 26.7 Å². The van der Waals surface area contributed by atoms with Crippen molar-refractivity contribution in [1.29, 1.82) is 0 Å². The lowest BCUT2D eigenvalue weighted by Gasteiger charge is -2.28. The van der Waals surface area contributed by atoms with Gasteiger partial charge in [0.05, 0.1) is 25.3 Å². The van der Waals surface area contributed by atoms with Gasteiger partial charge in [-0.3, -0.25) is 24.0 Å². The highest BCUT2D eigenvalue weighted by molar-refractivity contribution is 6.38. The van der Waals surface area contributed by atoms with E-state index in [1.807, 2.05) is 32.0 Å². The van der Waals surface area contributed by atoms with Crippen LogP contribution < -0.4 is 20.7 Å². The van der Waals surface area contributed by atoms with Crippen LogP contribution in [0.2, 0.25) is 0 Å². The van der Waals surface area contributed by atoms with Gasteiger partial charge in [0, 0.05) is 20.0 Å². The Kier molecular flexibility index (Phi) is 30.1. The number of carbonyl (C=O) groups excluding carboxylic acids is 5. The third kappa shape index (κ3) is 23.1. The van der Waals surface area contributed by atoms with Gasteiger partial charge in [0.25, 0.3) is 5.91 Å². The molecule has 3 unspecified atom stereocenters. The molecule has 4 amide bonds. The molecule has 0 bridgehead atoms. The fourth-order valence-electron chi connectivity index (χ4n) is 4.56. The first kappa shape index (κ1) is 47.1. The average molecular weight is 689 g/mol. The van der Waals surface area contributed by atoms with E-state index in [1.165, 1.54) is 62.1 Å². The average Bonchev–Trinajstić information content (AvgIpc) is 3.13. The van der Waals surface area contributed by atoms with Gasteiger partial charge >= 0.3 is 0 Å². The molecule has 1 aliphatic carbocycles. The molecule has 0 radical (unpaired) electrons. The van der Waals surface area contributed by atoms with Crippen LogP contribution in [0.15, 0.2) is 49.6 Å². The molecule has 1 saturated carbocycles. The molecular weight excluding hydrogens is 624 g/mol. The quantitative estimate of drug-likeness (QED) is 0.0901. The van der Waals surface area contributed by atoms with E-state index in [4.69, 9.17) is 9.84 Å². The monoisotopic (exact) mass is 688 g/mol.